The smallest absolute Gasteiger partial charge is 0.0240 e. The van der Waals surface area contributed by atoms with Crippen LogP contribution in [0.2, 0.25) is 0 Å². The lowest BCUT2D eigenvalue weighted by Crippen LogP contribution is -2.40. The summed E-state index contributed by atoms with van der Waals surface area (Å²) in [7, 11) is 2.23. The van der Waals surface area contributed by atoms with Crippen LogP contribution in [0.25, 0.3) is 11.1 Å². The van der Waals surface area contributed by atoms with Crippen molar-refractivity contribution in [1.82, 2.24) is 4.90 Å². The first-order valence-electron chi connectivity index (χ1n) is 7.39. The van der Waals surface area contributed by atoms with Crippen LogP contribution in [-0.2, 0) is 5.41 Å². The Labute approximate surface area is 142 Å². The molecule has 1 heterocycles. The second-order valence-electron chi connectivity index (χ2n) is 6.27. The molecule has 108 valence electrons. The number of halogens is 2. The van der Waals surface area contributed by atoms with E-state index in [0.717, 1.165) is 13.1 Å². The van der Waals surface area contributed by atoms with Gasteiger partial charge in [-0.25, -0.2) is 0 Å². The molecule has 2 aromatic carbocycles. The lowest BCUT2D eigenvalue weighted by atomic mass is 9.71. The Morgan fingerprint density at radius 3 is 1.81 bits per heavy atom. The summed E-state index contributed by atoms with van der Waals surface area (Å²) >= 11 is 7.33. The van der Waals surface area contributed by atoms with E-state index in [4.69, 9.17) is 0 Å². The number of benzene rings is 2. The van der Waals surface area contributed by atoms with Gasteiger partial charge in [0.15, 0.2) is 0 Å². The van der Waals surface area contributed by atoms with Gasteiger partial charge in [-0.3, -0.25) is 0 Å². The van der Waals surface area contributed by atoms with Crippen LogP contribution in [0.15, 0.2) is 45.3 Å². The maximum Gasteiger partial charge on any atom is 0.0240 e. The molecule has 21 heavy (non-hydrogen) atoms. The van der Waals surface area contributed by atoms with Gasteiger partial charge in [0, 0.05) is 14.4 Å². The number of nitrogens with zero attached hydrogens (tertiary/aromatic N) is 1. The predicted octanol–water partition coefficient (Wildman–Crippen LogP) is 5.20. The normalized spacial score (nSPS) is 19.6. The van der Waals surface area contributed by atoms with Gasteiger partial charge in [-0.2, -0.15) is 0 Å². The van der Waals surface area contributed by atoms with E-state index < -0.39 is 0 Å². The van der Waals surface area contributed by atoms with Gasteiger partial charge in [0.2, 0.25) is 0 Å². The summed E-state index contributed by atoms with van der Waals surface area (Å²) in [5.41, 5.74) is 6.07. The Morgan fingerprint density at radius 1 is 0.857 bits per heavy atom. The van der Waals surface area contributed by atoms with Gasteiger partial charge in [0.1, 0.15) is 0 Å². The summed E-state index contributed by atoms with van der Waals surface area (Å²) < 4.78 is 2.37. The van der Waals surface area contributed by atoms with Gasteiger partial charge in [0.05, 0.1) is 0 Å². The highest BCUT2D eigenvalue weighted by Gasteiger charge is 2.44. The zero-order chi connectivity index (χ0) is 14.6. The van der Waals surface area contributed by atoms with Crippen molar-refractivity contribution in [2.24, 2.45) is 0 Å². The van der Waals surface area contributed by atoms with Crippen LogP contribution in [-0.4, -0.2) is 25.0 Å². The monoisotopic (exact) mass is 405 g/mol. The SMILES string of the molecule is CN1CCC2(CC1)c1cc(Br)ccc1-c1ccc(Br)cc12. The highest BCUT2D eigenvalue weighted by Crippen LogP contribution is 2.54. The summed E-state index contributed by atoms with van der Waals surface area (Å²) in [6, 6.07) is 13.6. The van der Waals surface area contributed by atoms with Gasteiger partial charge < -0.3 is 4.90 Å². The van der Waals surface area contributed by atoms with Gasteiger partial charge in [0.25, 0.3) is 0 Å². The lowest BCUT2D eigenvalue weighted by molar-refractivity contribution is 0.216. The summed E-state index contributed by atoms with van der Waals surface area (Å²) in [4.78, 5) is 2.44. The van der Waals surface area contributed by atoms with E-state index >= 15 is 0 Å². The predicted molar refractivity (Wildman–Crippen MR) is 94.8 cm³/mol. The topological polar surface area (TPSA) is 3.24 Å². The molecule has 0 N–H and O–H groups in total. The Hall–Kier alpha value is -0.640. The molecule has 0 atom stereocenters. The number of hydrogen-bond donors (Lipinski definition) is 0. The van der Waals surface area contributed by atoms with Crippen molar-refractivity contribution in [1.29, 1.82) is 0 Å². The van der Waals surface area contributed by atoms with Crippen LogP contribution in [0, 0.1) is 0 Å². The third kappa shape index (κ3) is 2.05. The first-order valence-corrected chi connectivity index (χ1v) is 8.98. The first kappa shape index (κ1) is 14.0. The van der Waals surface area contributed by atoms with Gasteiger partial charge in [-0.1, -0.05) is 44.0 Å². The van der Waals surface area contributed by atoms with E-state index in [1.165, 1.54) is 44.0 Å². The lowest BCUT2D eigenvalue weighted by Gasteiger charge is -2.39. The third-order valence-electron chi connectivity index (χ3n) is 5.13. The zero-order valence-electron chi connectivity index (χ0n) is 12.0. The van der Waals surface area contributed by atoms with E-state index in [0.29, 0.717) is 0 Å². The maximum atomic E-state index is 3.67. The second kappa shape index (κ2) is 4.94. The minimum Gasteiger partial charge on any atom is -0.306 e. The fourth-order valence-electron chi connectivity index (χ4n) is 3.98. The molecule has 0 saturated carbocycles. The van der Waals surface area contributed by atoms with Crippen molar-refractivity contribution >= 4 is 31.9 Å². The molecule has 1 fully saturated rings. The summed E-state index contributed by atoms with van der Waals surface area (Å²) in [5.74, 6) is 0. The number of rotatable bonds is 0. The molecule has 0 radical (unpaired) electrons. The Morgan fingerprint density at radius 2 is 1.33 bits per heavy atom. The van der Waals surface area contributed by atoms with Crippen molar-refractivity contribution in [3.63, 3.8) is 0 Å². The Kier molecular flexibility index (Phi) is 3.29. The van der Waals surface area contributed by atoms with Gasteiger partial charge in [-0.15, -0.1) is 0 Å². The Balaban J connectivity index is 1.98. The fraction of sp³-hybridized carbons (Fsp3) is 0.333. The third-order valence-corrected chi connectivity index (χ3v) is 6.11. The highest BCUT2D eigenvalue weighted by molar-refractivity contribution is 9.10. The average Bonchev–Trinajstić information content (AvgIpc) is 2.72. The van der Waals surface area contributed by atoms with Crippen molar-refractivity contribution in [3.05, 3.63) is 56.5 Å². The van der Waals surface area contributed by atoms with Crippen molar-refractivity contribution in [2.45, 2.75) is 18.3 Å². The molecule has 1 nitrogen and oxygen atoms in total. The van der Waals surface area contributed by atoms with Gasteiger partial charge >= 0.3 is 0 Å². The fourth-order valence-corrected chi connectivity index (χ4v) is 4.70. The molecule has 2 aromatic rings. The first-order chi connectivity index (χ1) is 10.1. The van der Waals surface area contributed by atoms with E-state index in [2.05, 4.69) is 80.2 Å². The van der Waals surface area contributed by atoms with E-state index in [9.17, 15) is 0 Å². The molecule has 1 aliphatic carbocycles. The van der Waals surface area contributed by atoms with E-state index in [-0.39, 0.29) is 5.41 Å². The van der Waals surface area contributed by atoms with Crippen LogP contribution in [0.1, 0.15) is 24.0 Å². The summed E-state index contributed by atoms with van der Waals surface area (Å²) in [6.07, 6.45) is 2.41. The average molecular weight is 407 g/mol. The molecule has 1 aliphatic heterocycles. The molecule has 0 aromatic heterocycles. The van der Waals surface area contributed by atoms with Crippen LogP contribution in [0.3, 0.4) is 0 Å². The molecular formula is C18H17Br2N. The van der Waals surface area contributed by atoms with Crippen molar-refractivity contribution in [3.8, 4) is 11.1 Å². The summed E-state index contributed by atoms with van der Waals surface area (Å²) in [5, 5.41) is 0. The van der Waals surface area contributed by atoms with Crippen LogP contribution in [0.5, 0.6) is 0 Å². The molecule has 1 spiro atoms. The maximum absolute atomic E-state index is 3.67. The minimum absolute atomic E-state index is 0.199. The Bertz CT molecular complexity index is 662. The number of piperidine rings is 1. The molecule has 0 unspecified atom stereocenters. The van der Waals surface area contributed by atoms with E-state index in [1.54, 1.807) is 0 Å². The van der Waals surface area contributed by atoms with Crippen molar-refractivity contribution < 1.29 is 0 Å². The number of likely N-dealkylation sites (tertiary alicyclic amines) is 1. The minimum atomic E-state index is 0.199. The molecule has 2 aliphatic rings. The second-order valence-corrected chi connectivity index (χ2v) is 8.10. The van der Waals surface area contributed by atoms with Crippen LogP contribution < -0.4 is 0 Å². The highest BCUT2D eigenvalue weighted by atomic mass is 79.9. The molecule has 1 saturated heterocycles. The summed E-state index contributed by atoms with van der Waals surface area (Å²) in [6.45, 7) is 2.33. The zero-order valence-corrected chi connectivity index (χ0v) is 15.2. The quantitative estimate of drug-likeness (QED) is 0.580. The molecule has 3 heteroatoms. The van der Waals surface area contributed by atoms with Crippen LogP contribution >= 0.6 is 31.9 Å². The largest absolute Gasteiger partial charge is 0.306 e. The van der Waals surface area contributed by atoms with E-state index in [1.807, 2.05) is 0 Å². The van der Waals surface area contributed by atoms with Gasteiger partial charge in [-0.05, 0) is 79.5 Å². The molecule has 0 bridgehead atoms. The number of hydrogen-bond acceptors (Lipinski definition) is 1. The van der Waals surface area contributed by atoms with Crippen LogP contribution in [0.4, 0.5) is 0 Å². The molecular weight excluding hydrogens is 390 g/mol. The number of fused-ring (bicyclic) bond motifs is 5. The van der Waals surface area contributed by atoms with Crippen molar-refractivity contribution in [2.75, 3.05) is 20.1 Å². The molecule has 0 amide bonds. The standard InChI is InChI=1S/C18H17Br2N/c1-21-8-6-18(7-9-21)16-10-12(19)2-4-14(16)15-5-3-13(20)11-17(15)18/h2-5,10-11H,6-9H2,1H3. The molecule has 4 rings (SSSR count).